The maximum absolute atomic E-state index is 13.0. The standard InChI is InChI=1S/C19H15FN2O3/c20-12-5-3-11(4-6-12)14-10-16(14)22-19(24)13-7-8-15(21-18(13)23)17-2-1-9-25-17/h1-9,14,16H,10H2,(H,21,23)(H,22,24)/t14-,16-/m0/s1. The normalized spacial score (nSPS) is 18.8. The number of carbonyl (C=O) groups is 1. The highest BCUT2D eigenvalue weighted by atomic mass is 19.1. The van der Waals surface area contributed by atoms with Crippen LogP contribution in [0.2, 0.25) is 0 Å². The van der Waals surface area contributed by atoms with E-state index in [-0.39, 0.29) is 23.3 Å². The Labute approximate surface area is 142 Å². The van der Waals surface area contributed by atoms with Crippen molar-refractivity contribution in [3.05, 3.63) is 82.1 Å². The minimum absolute atomic E-state index is 0.0397. The lowest BCUT2D eigenvalue weighted by atomic mass is 10.1. The minimum Gasteiger partial charge on any atom is -0.463 e. The van der Waals surface area contributed by atoms with Crippen molar-refractivity contribution >= 4 is 5.91 Å². The van der Waals surface area contributed by atoms with Crippen LogP contribution in [-0.2, 0) is 0 Å². The van der Waals surface area contributed by atoms with Gasteiger partial charge in [-0.15, -0.1) is 0 Å². The first-order valence-corrected chi connectivity index (χ1v) is 7.95. The summed E-state index contributed by atoms with van der Waals surface area (Å²) in [5.74, 6) is -0.0105. The lowest BCUT2D eigenvalue weighted by Crippen LogP contribution is -2.31. The van der Waals surface area contributed by atoms with Gasteiger partial charge in [-0.3, -0.25) is 9.59 Å². The predicted octanol–water partition coefficient (Wildman–Crippen LogP) is 3.06. The van der Waals surface area contributed by atoms with Gasteiger partial charge in [0.2, 0.25) is 0 Å². The van der Waals surface area contributed by atoms with Crippen LogP contribution in [0.3, 0.4) is 0 Å². The highest BCUT2D eigenvalue weighted by Gasteiger charge is 2.39. The summed E-state index contributed by atoms with van der Waals surface area (Å²) >= 11 is 0. The van der Waals surface area contributed by atoms with Crippen LogP contribution in [0.4, 0.5) is 4.39 Å². The van der Waals surface area contributed by atoms with Gasteiger partial charge in [0.25, 0.3) is 11.5 Å². The lowest BCUT2D eigenvalue weighted by Gasteiger charge is -2.05. The van der Waals surface area contributed by atoms with E-state index in [1.165, 1.54) is 24.5 Å². The van der Waals surface area contributed by atoms with Gasteiger partial charge in [0.05, 0.1) is 12.0 Å². The molecule has 1 aliphatic rings. The molecule has 1 amide bonds. The number of hydrogen-bond donors (Lipinski definition) is 2. The van der Waals surface area contributed by atoms with Crippen LogP contribution in [0.15, 0.2) is 64.0 Å². The number of hydrogen-bond acceptors (Lipinski definition) is 3. The quantitative estimate of drug-likeness (QED) is 0.768. The first-order chi connectivity index (χ1) is 12.1. The SMILES string of the molecule is O=C(N[C@H]1C[C@H]1c1ccc(F)cc1)c1ccc(-c2ccco2)[nH]c1=O. The maximum atomic E-state index is 13.0. The van der Waals surface area contributed by atoms with Crippen molar-refractivity contribution in [2.24, 2.45) is 0 Å². The summed E-state index contributed by atoms with van der Waals surface area (Å²) in [5.41, 5.74) is 1.08. The van der Waals surface area contributed by atoms with E-state index in [0.29, 0.717) is 11.5 Å². The Morgan fingerprint density at radius 1 is 1.16 bits per heavy atom. The number of H-pyrrole nitrogens is 1. The van der Waals surface area contributed by atoms with Gasteiger partial charge in [0.15, 0.2) is 0 Å². The predicted molar refractivity (Wildman–Crippen MR) is 89.8 cm³/mol. The summed E-state index contributed by atoms with van der Waals surface area (Å²) in [6.45, 7) is 0. The molecule has 0 radical (unpaired) electrons. The van der Waals surface area contributed by atoms with Crippen LogP contribution in [0.25, 0.3) is 11.5 Å². The second kappa shape index (κ2) is 6.05. The molecule has 1 aliphatic carbocycles. The van der Waals surface area contributed by atoms with Crippen LogP contribution >= 0.6 is 0 Å². The van der Waals surface area contributed by atoms with E-state index < -0.39 is 11.5 Å². The van der Waals surface area contributed by atoms with Gasteiger partial charge in [0.1, 0.15) is 17.1 Å². The largest absolute Gasteiger partial charge is 0.463 e. The molecule has 1 aromatic carbocycles. The average molecular weight is 338 g/mol. The number of pyridine rings is 1. The molecule has 0 aliphatic heterocycles. The van der Waals surface area contributed by atoms with E-state index in [2.05, 4.69) is 10.3 Å². The summed E-state index contributed by atoms with van der Waals surface area (Å²) in [7, 11) is 0. The molecule has 6 heteroatoms. The van der Waals surface area contributed by atoms with Crippen LogP contribution in [0.5, 0.6) is 0 Å². The maximum Gasteiger partial charge on any atom is 0.261 e. The fraction of sp³-hybridized carbons (Fsp3) is 0.158. The van der Waals surface area contributed by atoms with E-state index >= 15 is 0 Å². The molecule has 1 saturated carbocycles. The molecule has 2 atom stereocenters. The molecular weight excluding hydrogens is 323 g/mol. The molecule has 1 fully saturated rings. The molecule has 0 spiro atoms. The van der Waals surface area contributed by atoms with Gasteiger partial charge in [0, 0.05) is 12.0 Å². The Kier molecular flexibility index (Phi) is 3.72. The Morgan fingerprint density at radius 3 is 2.64 bits per heavy atom. The molecule has 0 bridgehead atoms. The van der Waals surface area contributed by atoms with E-state index in [0.717, 1.165) is 12.0 Å². The third-order valence-electron chi connectivity index (χ3n) is 4.35. The highest BCUT2D eigenvalue weighted by Crippen LogP contribution is 2.40. The van der Waals surface area contributed by atoms with Gasteiger partial charge in [-0.2, -0.15) is 0 Å². The number of benzene rings is 1. The highest BCUT2D eigenvalue weighted by molar-refractivity contribution is 5.94. The van der Waals surface area contributed by atoms with Crippen molar-refractivity contribution in [1.82, 2.24) is 10.3 Å². The number of nitrogens with one attached hydrogen (secondary N) is 2. The van der Waals surface area contributed by atoms with Crippen LogP contribution in [0, 0.1) is 5.82 Å². The summed E-state index contributed by atoms with van der Waals surface area (Å²) in [4.78, 5) is 27.1. The summed E-state index contributed by atoms with van der Waals surface area (Å²) in [6, 6.07) is 12.8. The van der Waals surface area contributed by atoms with Crippen molar-refractivity contribution in [1.29, 1.82) is 0 Å². The molecular formula is C19H15FN2O3. The number of carbonyl (C=O) groups excluding carboxylic acids is 1. The number of aromatic nitrogens is 1. The van der Waals surface area contributed by atoms with Gasteiger partial charge >= 0.3 is 0 Å². The van der Waals surface area contributed by atoms with Gasteiger partial charge in [-0.1, -0.05) is 12.1 Å². The van der Waals surface area contributed by atoms with Gasteiger partial charge in [-0.05, 0) is 48.4 Å². The molecule has 0 saturated heterocycles. The molecule has 2 aromatic heterocycles. The van der Waals surface area contributed by atoms with Crippen molar-refractivity contribution in [2.45, 2.75) is 18.4 Å². The zero-order valence-electron chi connectivity index (χ0n) is 13.2. The van der Waals surface area contributed by atoms with Gasteiger partial charge in [-0.25, -0.2) is 4.39 Å². The summed E-state index contributed by atoms with van der Waals surface area (Å²) in [5, 5.41) is 2.85. The molecule has 0 unspecified atom stereocenters. The second-order valence-electron chi connectivity index (χ2n) is 6.07. The molecule has 2 N–H and O–H groups in total. The Morgan fingerprint density at radius 2 is 1.96 bits per heavy atom. The summed E-state index contributed by atoms with van der Waals surface area (Å²) < 4.78 is 18.2. The van der Waals surface area contributed by atoms with Crippen molar-refractivity contribution in [3.63, 3.8) is 0 Å². The topological polar surface area (TPSA) is 75.1 Å². The number of rotatable bonds is 4. The van der Waals surface area contributed by atoms with E-state index in [1.54, 1.807) is 30.3 Å². The number of aromatic amines is 1. The Balaban J connectivity index is 1.45. The zero-order chi connectivity index (χ0) is 17.4. The van der Waals surface area contributed by atoms with Crippen LogP contribution in [0.1, 0.15) is 28.3 Å². The Bertz CT molecular complexity index is 961. The van der Waals surface area contributed by atoms with Crippen molar-refractivity contribution < 1.29 is 13.6 Å². The summed E-state index contributed by atoms with van der Waals surface area (Å²) in [6.07, 6.45) is 2.29. The molecule has 5 nitrogen and oxygen atoms in total. The fourth-order valence-electron chi connectivity index (χ4n) is 2.91. The zero-order valence-corrected chi connectivity index (χ0v) is 13.2. The van der Waals surface area contributed by atoms with Crippen LogP contribution in [-0.4, -0.2) is 16.9 Å². The number of furan rings is 1. The molecule has 2 heterocycles. The van der Waals surface area contributed by atoms with Crippen molar-refractivity contribution in [3.8, 4) is 11.5 Å². The smallest absolute Gasteiger partial charge is 0.261 e. The second-order valence-corrected chi connectivity index (χ2v) is 6.07. The van der Waals surface area contributed by atoms with Crippen LogP contribution < -0.4 is 10.9 Å². The van der Waals surface area contributed by atoms with E-state index in [9.17, 15) is 14.0 Å². The molecule has 4 rings (SSSR count). The Hall–Kier alpha value is -3.15. The third-order valence-corrected chi connectivity index (χ3v) is 4.35. The van der Waals surface area contributed by atoms with E-state index in [1.807, 2.05) is 0 Å². The third kappa shape index (κ3) is 3.10. The first-order valence-electron chi connectivity index (χ1n) is 7.95. The van der Waals surface area contributed by atoms with Crippen molar-refractivity contribution in [2.75, 3.05) is 0 Å². The first kappa shape index (κ1) is 15.4. The average Bonchev–Trinajstić information content (AvgIpc) is 3.14. The molecule has 25 heavy (non-hydrogen) atoms. The van der Waals surface area contributed by atoms with E-state index in [4.69, 9.17) is 4.42 Å². The monoisotopic (exact) mass is 338 g/mol. The fourth-order valence-corrected chi connectivity index (χ4v) is 2.91. The molecule has 126 valence electrons. The molecule has 3 aromatic rings. The number of halogens is 1. The lowest BCUT2D eigenvalue weighted by molar-refractivity contribution is 0.0949. The minimum atomic E-state index is -0.467. The van der Waals surface area contributed by atoms with Gasteiger partial charge < -0.3 is 14.7 Å². The number of amides is 1.